The number of aromatic carboxylic acids is 1. The highest BCUT2D eigenvalue weighted by Gasteiger charge is 2.11. The standard InChI is InChI=1S/C16H12N2O3S/c17-9-11-5-7-12(8-6-11)18-15(19)10-22-14-4-2-1-3-13(14)16(20)21/h1-8H,10H2,(H,18,19)(H,20,21). The molecule has 0 heterocycles. The van der Waals surface area contributed by atoms with Crippen LogP contribution in [0.25, 0.3) is 0 Å². The zero-order valence-corrected chi connectivity index (χ0v) is 12.3. The van der Waals surface area contributed by atoms with E-state index >= 15 is 0 Å². The Labute approximate surface area is 131 Å². The highest BCUT2D eigenvalue weighted by Crippen LogP contribution is 2.22. The number of amides is 1. The molecule has 0 spiro atoms. The van der Waals surface area contributed by atoms with Crippen molar-refractivity contribution >= 4 is 29.3 Å². The molecule has 110 valence electrons. The van der Waals surface area contributed by atoms with Crippen molar-refractivity contribution in [3.05, 3.63) is 59.7 Å². The van der Waals surface area contributed by atoms with Crippen LogP contribution >= 0.6 is 11.8 Å². The summed E-state index contributed by atoms with van der Waals surface area (Å²) >= 11 is 1.17. The Morgan fingerprint density at radius 1 is 1.14 bits per heavy atom. The topological polar surface area (TPSA) is 90.2 Å². The third-order valence-electron chi connectivity index (χ3n) is 2.77. The first-order chi connectivity index (χ1) is 10.6. The van der Waals surface area contributed by atoms with Crippen molar-refractivity contribution in [2.75, 3.05) is 11.1 Å². The Kier molecular flexibility index (Phi) is 5.17. The second-order valence-electron chi connectivity index (χ2n) is 4.33. The molecule has 0 aromatic heterocycles. The molecule has 0 atom stereocenters. The van der Waals surface area contributed by atoms with Crippen molar-refractivity contribution in [3.8, 4) is 6.07 Å². The lowest BCUT2D eigenvalue weighted by Gasteiger charge is -2.07. The average Bonchev–Trinajstić information content (AvgIpc) is 2.54. The van der Waals surface area contributed by atoms with Crippen molar-refractivity contribution in [2.24, 2.45) is 0 Å². The predicted octanol–water partition coefficient (Wildman–Crippen LogP) is 2.99. The smallest absolute Gasteiger partial charge is 0.336 e. The van der Waals surface area contributed by atoms with Crippen LogP contribution < -0.4 is 5.32 Å². The largest absolute Gasteiger partial charge is 0.478 e. The lowest BCUT2D eigenvalue weighted by Crippen LogP contribution is -2.14. The Hall–Kier alpha value is -2.78. The van der Waals surface area contributed by atoms with Crippen LogP contribution in [-0.4, -0.2) is 22.7 Å². The van der Waals surface area contributed by atoms with Gasteiger partial charge < -0.3 is 10.4 Å². The van der Waals surface area contributed by atoms with Crippen molar-refractivity contribution in [1.82, 2.24) is 0 Å². The molecule has 0 saturated carbocycles. The minimum atomic E-state index is -1.02. The van der Waals surface area contributed by atoms with Gasteiger partial charge in [0.15, 0.2) is 0 Å². The second-order valence-corrected chi connectivity index (χ2v) is 5.34. The molecule has 0 aliphatic rings. The number of carbonyl (C=O) groups is 2. The minimum absolute atomic E-state index is 0.101. The van der Waals surface area contributed by atoms with Crippen molar-refractivity contribution in [1.29, 1.82) is 5.26 Å². The van der Waals surface area contributed by atoms with Crippen LogP contribution in [0, 0.1) is 11.3 Å². The van der Waals surface area contributed by atoms with Crippen LogP contribution in [-0.2, 0) is 4.79 Å². The van der Waals surface area contributed by atoms with Gasteiger partial charge in [0.25, 0.3) is 0 Å². The zero-order valence-electron chi connectivity index (χ0n) is 11.4. The van der Waals surface area contributed by atoms with E-state index in [1.54, 1.807) is 42.5 Å². The number of hydrogen-bond donors (Lipinski definition) is 2. The van der Waals surface area contributed by atoms with E-state index in [0.717, 1.165) is 0 Å². The minimum Gasteiger partial charge on any atom is -0.478 e. The van der Waals surface area contributed by atoms with E-state index in [2.05, 4.69) is 5.32 Å². The van der Waals surface area contributed by atoms with E-state index in [0.29, 0.717) is 16.1 Å². The summed E-state index contributed by atoms with van der Waals surface area (Å²) in [6.07, 6.45) is 0. The van der Waals surface area contributed by atoms with Gasteiger partial charge in [0.05, 0.1) is 22.9 Å². The summed E-state index contributed by atoms with van der Waals surface area (Å²) in [5.41, 5.74) is 1.29. The van der Waals surface area contributed by atoms with Crippen molar-refractivity contribution < 1.29 is 14.7 Å². The van der Waals surface area contributed by atoms with Crippen LogP contribution in [0.2, 0.25) is 0 Å². The first kappa shape index (κ1) is 15.6. The highest BCUT2D eigenvalue weighted by atomic mass is 32.2. The van der Waals surface area contributed by atoms with Gasteiger partial charge in [-0.3, -0.25) is 4.79 Å². The number of nitriles is 1. The molecule has 0 aliphatic heterocycles. The van der Waals surface area contributed by atoms with Crippen molar-refractivity contribution in [2.45, 2.75) is 4.90 Å². The molecule has 0 fully saturated rings. The maximum atomic E-state index is 11.9. The third-order valence-corrected chi connectivity index (χ3v) is 3.85. The Balaban J connectivity index is 1.95. The van der Waals surface area contributed by atoms with Gasteiger partial charge in [-0.15, -0.1) is 11.8 Å². The predicted molar refractivity (Wildman–Crippen MR) is 83.9 cm³/mol. The average molecular weight is 312 g/mol. The van der Waals surface area contributed by atoms with Gasteiger partial charge in [-0.25, -0.2) is 4.79 Å². The highest BCUT2D eigenvalue weighted by molar-refractivity contribution is 8.00. The second kappa shape index (κ2) is 7.29. The number of anilines is 1. The van der Waals surface area contributed by atoms with Gasteiger partial charge in [-0.1, -0.05) is 12.1 Å². The van der Waals surface area contributed by atoms with E-state index in [-0.39, 0.29) is 17.2 Å². The first-order valence-corrected chi connectivity index (χ1v) is 7.34. The maximum Gasteiger partial charge on any atom is 0.336 e. The monoisotopic (exact) mass is 312 g/mol. The fourth-order valence-electron chi connectivity index (χ4n) is 1.74. The Bertz CT molecular complexity index is 736. The number of benzene rings is 2. The SMILES string of the molecule is N#Cc1ccc(NC(=O)CSc2ccccc2C(=O)O)cc1. The molecule has 2 aromatic carbocycles. The summed E-state index contributed by atoms with van der Waals surface area (Å²) in [5.74, 6) is -1.16. The van der Waals surface area contributed by atoms with Gasteiger partial charge in [0, 0.05) is 10.6 Å². The summed E-state index contributed by atoms with van der Waals surface area (Å²) < 4.78 is 0. The molecule has 1 amide bonds. The van der Waals surface area contributed by atoms with E-state index in [4.69, 9.17) is 10.4 Å². The van der Waals surface area contributed by atoms with Crippen LogP contribution in [0.3, 0.4) is 0 Å². The lowest BCUT2D eigenvalue weighted by atomic mass is 10.2. The molecule has 22 heavy (non-hydrogen) atoms. The van der Waals surface area contributed by atoms with E-state index in [1.807, 2.05) is 6.07 Å². The number of thioether (sulfide) groups is 1. The fraction of sp³-hybridized carbons (Fsp3) is 0.0625. The molecule has 2 N–H and O–H groups in total. The Morgan fingerprint density at radius 2 is 1.82 bits per heavy atom. The van der Waals surface area contributed by atoms with Gasteiger partial charge in [-0.05, 0) is 36.4 Å². The number of rotatable bonds is 5. The molecule has 5 nitrogen and oxygen atoms in total. The number of hydrogen-bond acceptors (Lipinski definition) is 4. The molecule has 0 unspecified atom stereocenters. The third kappa shape index (κ3) is 4.11. The molecule has 0 bridgehead atoms. The van der Waals surface area contributed by atoms with Gasteiger partial charge in [-0.2, -0.15) is 5.26 Å². The first-order valence-electron chi connectivity index (χ1n) is 6.35. The van der Waals surface area contributed by atoms with Crippen LogP contribution in [0.15, 0.2) is 53.4 Å². The Morgan fingerprint density at radius 3 is 2.45 bits per heavy atom. The van der Waals surface area contributed by atoms with Crippen LogP contribution in [0.1, 0.15) is 15.9 Å². The molecular formula is C16H12N2O3S. The number of nitrogens with zero attached hydrogens (tertiary/aromatic N) is 1. The van der Waals surface area contributed by atoms with Crippen LogP contribution in [0.4, 0.5) is 5.69 Å². The molecule has 0 aliphatic carbocycles. The van der Waals surface area contributed by atoms with Crippen LogP contribution in [0.5, 0.6) is 0 Å². The number of nitrogens with one attached hydrogen (secondary N) is 1. The number of carbonyl (C=O) groups excluding carboxylic acids is 1. The summed E-state index contributed by atoms with van der Waals surface area (Å²) in [7, 11) is 0. The summed E-state index contributed by atoms with van der Waals surface area (Å²) in [5, 5.41) is 20.5. The van der Waals surface area contributed by atoms with Gasteiger partial charge >= 0.3 is 5.97 Å². The summed E-state index contributed by atoms with van der Waals surface area (Å²) in [6.45, 7) is 0. The quantitative estimate of drug-likeness (QED) is 0.828. The van der Waals surface area contributed by atoms with E-state index in [1.165, 1.54) is 17.8 Å². The molecule has 2 aromatic rings. The zero-order chi connectivity index (χ0) is 15.9. The fourth-order valence-corrected chi connectivity index (χ4v) is 2.58. The molecular weight excluding hydrogens is 300 g/mol. The summed E-state index contributed by atoms with van der Waals surface area (Å²) in [4.78, 5) is 23.5. The van der Waals surface area contributed by atoms with Gasteiger partial charge in [0.2, 0.25) is 5.91 Å². The van der Waals surface area contributed by atoms with Crippen molar-refractivity contribution in [3.63, 3.8) is 0 Å². The van der Waals surface area contributed by atoms with Gasteiger partial charge in [0.1, 0.15) is 0 Å². The number of carboxylic acid groups (broad SMARTS) is 1. The molecule has 0 radical (unpaired) electrons. The number of carboxylic acids is 1. The van der Waals surface area contributed by atoms with E-state index < -0.39 is 5.97 Å². The molecule has 0 saturated heterocycles. The maximum absolute atomic E-state index is 11.9. The normalized spacial score (nSPS) is 9.77. The molecule has 2 rings (SSSR count). The van der Waals surface area contributed by atoms with E-state index in [9.17, 15) is 9.59 Å². The lowest BCUT2D eigenvalue weighted by molar-refractivity contribution is -0.113. The summed E-state index contributed by atoms with van der Waals surface area (Å²) in [6, 6.07) is 15.1. The molecule has 6 heteroatoms.